The van der Waals surface area contributed by atoms with Crippen LogP contribution in [-0.2, 0) is 0 Å². The van der Waals surface area contributed by atoms with Crippen molar-refractivity contribution in [1.82, 2.24) is 0 Å². The van der Waals surface area contributed by atoms with Crippen molar-refractivity contribution >= 4 is 5.97 Å². The minimum atomic E-state index is -0.918. The number of carboxylic acid groups (broad SMARTS) is 1. The van der Waals surface area contributed by atoms with Gasteiger partial charge in [-0.1, -0.05) is 30.3 Å². The lowest BCUT2D eigenvalue weighted by Crippen LogP contribution is -2.06. The van der Waals surface area contributed by atoms with Crippen LogP contribution in [0, 0.1) is 0 Å². The molecule has 2 rings (SSSR count). The number of carboxylic acids is 1. The molecule has 0 amide bonds. The van der Waals surface area contributed by atoms with E-state index in [1.165, 1.54) is 0 Å². The summed E-state index contributed by atoms with van der Waals surface area (Å²) in [7, 11) is 0. The van der Waals surface area contributed by atoms with Crippen LogP contribution in [-0.4, -0.2) is 17.2 Å². The molecule has 0 unspecified atom stereocenters. The molecule has 2 aromatic rings. The van der Waals surface area contributed by atoms with Crippen molar-refractivity contribution in [3.05, 3.63) is 54.1 Å². The molecule has 98 valence electrons. The van der Waals surface area contributed by atoms with Crippen LogP contribution in [0.2, 0.25) is 0 Å². The third-order valence-corrected chi connectivity index (χ3v) is 2.69. The maximum absolute atomic E-state index is 10.8. The molecule has 0 aliphatic rings. The average Bonchev–Trinajstić information content (AvgIpc) is 2.39. The minimum Gasteiger partial charge on any atom is -0.490 e. The van der Waals surface area contributed by atoms with Gasteiger partial charge in [-0.25, -0.2) is 4.79 Å². The average molecular weight is 256 g/mol. The molecule has 1 N–H and O–H groups in total. The molecule has 0 aliphatic heterocycles. The van der Waals surface area contributed by atoms with Gasteiger partial charge in [0.1, 0.15) is 5.75 Å². The van der Waals surface area contributed by atoms with E-state index >= 15 is 0 Å². The van der Waals surface area contributed by atoms with Crippen molar-refractivity contribution < 1.29 is 14.6 Å². The highest BCUT2D eigenvalue weighted by Gasteiger charge is 2.08. The van der Waals surface area contributed by atoms with Gasteiger partial charge in [-0.05, 0) is 37.6 Å². The van der Waals surface area contributed by atoms with Crippen LogP contribution in [0.25, 0.3) is 11.1 Å². The summed E-state index contributed by atoms with van der Waals surface area (Å²) < 4.78 is 5.76. The molecular weight excluding hydrogens is 240 g/mol. The number of carbonyl (C=O) groups is 1. The topological polar surface area (TPSA) is 46.5 Å². The Morgan fingerprint density at radius 1 is 1.05 bits per heavy atom. The Kier molecular flexibility index (Phi) is 3.85. The van der Waals surface area contributed by atoms with Gasteiger partial charge in [-0.15, -0.1) is 0 Å². The second kappa shape index (κ2) is 5.57. The van der Waals surface area contributed by atoms with Crippen molar-refractivity contribution in [2.45, 2.75) is 20.0 Å². The molecule has 0 saturated heterocycles. The number of hydrogen-bond acceptors (Lipinski definition) is 2. The Balaban J connectivity index is 2.38. The molecule has 3 heteroatoms. The van der Waals surface area contributed by atoms with E-state index in [4.69, 9.17) is 9.84 Å². The summed E-state index contributed by atoms with van der Waals surface area (Å²) in [4.78, 5) is 10.8. The van der Waals surface area contributed by atoms with Crippen LogP contribution in [0.4, 0.5) is 0 Å². The number of benzene rings is 2. The number of para-hydroxylation sites is 1. The van der Waals surface area contributed by atoms with E-state index in [2.05, 4.69) is 0 Å². The van der Waals surface area contributed by atoms with Gasteiger partial charge >= 0.3 is 5.97 Å². The first kappa shape index (κ1) is 13.1. The van der Waals surface area contributed by atoms with Crippen molar-refractivity contribution in [1.29, 1.82) is 0 Å². The molecule has 0 fully saturated rings. The molecule has 0 spiro atoms. The van der Waals surface area contributed by atoms with Gasteiger partial charge in [0, 0.05) is 5.56 Å². The van der Waals surface area contributed by atoms with Gasteiger partial charge in [0.25, 0.3) is 0 Å². The molecule has 0 heterocycles. The fourth-order valence-electron chi connectivity index (χ4n) is 1.85. The molecular formula is C16H16O3. The maximum Gasteiger partial charge on any atom is 0.335 e. The van der Waals surface area contributed by atoms with Crippen LogP contribution < -0.4 is 4.74 Å². The van der Waals surface area contributed by atoms with Crippen molar-refractivity contribution in [3.63, 3.8) is 0 Å². The second-order valence-electron chi connectivity index (χ2n) is 4.55. The maximum atomic E-state index is 10.8. The van der Waals surface area contributed by atoms with Crippen LogP contribution >= 0.6 is 0 Å². The Morgan fingerprint density at radius 3 is 2.26 bits per heavy atom. The molecule has 2 aromatic carbocycles. The Hall–Kier alpha value is -2.29. The zero-order chi connectivity index (χ0) is 13.8. The minimum absolute atomic E-state index is 0.0967. The van der Waals surface area contributed by atoms with Crippen LogP contribution in [0.3, 0.4) is 0 Å². The first-order chi connectivity index (χ1) is 9.08. The van der Waals surface area contributed by atoms with E-state index in [-0.39, 0.29) is 11.7 Å². The van der Waals surface area contributed by atoms with Gasteiger partial charge in [-0.2, -0.15) is 0 Å². The summed E-state index contributed by atoms with van der Waals surface area (Å²) in [5.41, 5.74) is 2.19. The van der Waals surface area contributed by atoms with E-state index in [0.717, 1.165) is 16.9 Å². The van der Waals surface area contributed by atoms with E-state index in [9.17, 15) is 4.79 Å². The summed E-state index contributed by atoms with van der Waals surface area (Å²) in [5.74, 6) is -0.112. The quantitative estimate of drug-likeness (QED) is 0.904. The largest absolute Gasteiger partial charge is 0.490 e. The normalized spacial score (nSPS) is 10.5. The summed E-state index contributed by atoms with van der Waals surface area (Å²) in [5, 5.41) is 8.90. The first-order valence-electron chi connectivity index (χ1n) is 6.17. The molecule has 0 atom stereocenters. The number of hydrogen-bond donors (Lipinski definition) is 1. The lowest BCUT2D eigenvalue weighted by Gasteiger charge is -2.14. The summed E-state index contributed by atoms with van der Waals surface area (Å²) in [6.45, 7) is 3.95. The first-order valence-corrected chi connectivity index (χ1v) is 6.17. The number of rotatable bonds is 4. The molecule has 3 nitrogen and oxygen atoms in total. The predicted molar refractivity (Wildman–Crippen MR) is 74.6 cm³/mol. The van der Waals surface area contributed by atoms with Crippen molar-refractivity contribution in [3.8, 4) is 16.9 Å². The van der Waals surface area contributed by atoms with E-state index < -0.39 is 5.97 Å². The third-order valence-electron chi connectivity index (χ3n) is 2.69. The van der Waals surface area contributed by atoms with Gasteiger partial charge in [0.2, 0.25) is 0 Å². The molecule has 0 aliphatic carbocycles. The fourth-order valence-corrected chi connectivity index (χ4v) is 1.85. The highest BCUT2D eigenvalue weighted by atomic mass is 16.5. The fraction of sp³-hybridized carbons (Fsp3) is 0.188. The summed E-state index contributed by atoms with van der Waals surface area (Å²) in [6.07, 6.45) is 0.0967. The highest BCUT2D eigenvalue weighted by Crippen LogP contribution is 2.30. The van der Waals surface area contributed by atoms with E-state index in [0.29, 0.717) is 0 Å². The summed E-state index contributed by atoms with van der Waals surface area (Å²) >= 11 is 0. The van der Waals surface area contributed by atoms with Gasteiger partial charge in [0.15, 0.2) is 0 Å². The standard InChI is InChI=1S/C16H16O3/c1-11(2)19-15-6-4-3-5-14(15)12-7-9-13(10-8-12)16(17)18/h3-11H,1-2H3,(H,17,18). The van der Waals surface area contributed by atoms with Crippen LogP contribution in [0.1, 0.15) is 24.2 Å². The zero-order valence-electron chi connectivity index (χ0n) is 11.0. The Labute approximate surface area is 112 Å². The smallest absolute Gasteiger partial charge is 0.335 e. The third kappa shape index (κ3) is 3.13. The van der Waals surface area contributed by atoms with Gasteiger partial charge < -0.3 is 9.84 Å². The van der Waals surface area contributed by atoms with Crippen LogP contribution in [0.5, 0.6) is 5.75 Å². The van der Waals surface area contributed by atoms with Crippen molar-refractivity contribution in [2.24, 2.45) is 0 Å². The van der Waals surface area contributed by atoms with E-state index in [1.54, 1.807) is 24.3 Å². The molecule has 0 radical (unpaired) electrons. The second-order valence-corrected chi connectivity index (χ2v) is 4.55. The monoisotopic (exact) mass is 256 g/mol. The zero-order valence-corrected chi connectivity index (χ0v) is 11.0. The predicted octanol–water partition coefficient (Wildman–Crippen LogP) is 3.84. The lowest BCUT2D eigenvalue weighted by molar-refractivity contribution is 0.0697. The lowest BCUT2D eigenvalue weighted by atomic mass is 10.0. The molecule has 0 aromatic heterocycles. The molecule has 0 bridgehead atoms. The summed E-state index contributed by atoms with van der Waals surface area (Å²) in [6, 6.07) is 14.5. The number of ether oxygens (including phenoxy) is 1. The Bertz CT molecular complexity index is 571. The molecule has 0 saturated carbocycles. The SMILES string of the molecule is CC(C)Oc1ccccc1-c1ccc(C(=O)O)cc1. The van der Waals surface area contributed by atoms with Gasteiger partial charge in [0.05, 0.1) is 11.7 Å². The number of aromatic carboxylic acids is 1. The Morgan fingerprint density at radius 2 is 1.68 bits per heavy atom. The highest BCUT2D eigenvalue weighted by molar-refractivity contribution is 5.88. The molecule has 19 heavy (non-hydrogen) atoms. The van der Waals surface area contributed by atoms with Crippen molar-refractivity contribution in [2.75, 3.05) is 0 Å². The van der Waals surface area contributed by atoms with Crippen LogP contribution in [0.15, 0.2) is 48.5 Å². The van der Waals surface area contributed by atoms with Gasteiger partial charge in [-0.3, -0.25) is 0 Å². The van der Waals surface area contributed by atoms with E-state index in [1.807, 2.05) is 38.1 Å².